The van der Waals surface area contributed by atoms with Gasteiger partial charge in [-0.25, -0.2) is 0 Å². The first-order chi connectivity index (χ1) is 19.2. The fraction of sp³-hybridized carbons (Fsp3) is 0.167. The summed E-state index contributed by atoms with van der Waals surface area (Å²) in [7, 11) is -0.416. The zero-order chi connectivity index (χ0) is 27.6. The summed E-state index contributed by atoms with van der Waals surface area (Å²) in [6, 6.07) is 38.7. The number of benzene rings is 6. The van der Waals surface area contributed by atoms with Crippen LogP contribution in [0.25, 0.3) is 54.6 Å². The molecule has 1 aliphatic heterocycles. The van der Waals surface area contributed by atoms with Crippen LogP contribution in [0.4, 0.5) is 0 Å². The summed E-state index contributed by atoms with van der Waals surface area (Å²) in [4.78, 5) is 0. The van der Waals surface area contributed by atoms with E-state index in [1.165, 1.54) is 38.4 Å². The second-order valence-corrected chi connectivity index (χ2v) is 12.1. The third-order valence-corrected chi connectivity index (χ3v) is 9.17. The minimum atomic E-state index is -0.416. The van der Waals surface area contributed by atoms with Gasteiger partial charge in [0.1, 0.15) is 0 Å². The van der Waals surface area contributed by atoms with Crippen LogP contribution in [0.3, 0.4) is 0 Å². The van der Waals surface area contributed by atoms with Gasteiger partial charge in [-0.15, -0.1) is 0 Å². The van der Waals surface area contributed by atoms with Gasteiger partial charge in [0.2, 0.25) is 0 Å². The molecule has 0 spiro atoms. The van der Waals surface area contributed by atoms with Gasteiger partial charge in [-0.3, -0.25) is 0 Å². The zero-order valence-corrected chi connectivity index (χ0v) is 23.9. The summed E-state index contributed by atoms with van der Waals surface area (Å²) in [5, 5.41) is 7.76. The van der Waals surface area contributed by atoms with Crippen LogP contribution in [0, 0.1) is 0 Å². The first kappa shape index (κ1) is 25.3. The van der Waals surface area contributed by atoms with Crippen molar-refractivity contribution in [3.05, 3.63) is 114 Å². The van der Waals surface area contributed by atoms with Gasteiger partial charge >= 0.3 is 7.12 Å². The fourth-order valence-electron chi connectivity index (χ4n) is 6.00. The number of rotatable bonds is 3. The van der Waals surface area contributed by atoms with Gasteiger partial charge in [-0.2, -0.15) is 0 Å². The van der Waals surface area contributed by atoms with Gasteiger partial charge in [-0.1, -0.05) is 115 Å². The monoisotopic (exact) mass is 540 g/mol. The van der Waals surface area contributed by atoms with Crippen LogP contribution in [0.1, 0.15) is 27.7 Å². The Balaban J connectivity index is 1.42. The highest BCUT2D eigenvalue weighted by molar-refractivity contribution is 6.65. The van der Waals surface area contributed by atoms with E-state index in [-0.39, 0.29) is 0 Å². The van der Waals surface area contributed by atoms with Crippen molar-refractivity contribution in [3.8, 4) is 22.3 Å². The van der Waals surface area contributed by atoms with Crippen molar-refractivity contribution < 1.29 is 9.31 Å². The second kappa shape index (κ2) is 9.21. The third-order valence-electron chi connectivity index (χ3n) is 8.84. The largest absolute Gasteiger partial charge is 0.495 e. The summed E-state index contributed by atoms with van der Waals surface area (Å²) in [5.74, 6) is 0. The predicted molar refractivity (Wildman–Crippen MR) is 171 cm³/mol. The maximum atomic E-state index is 6.57. The molecule has 0 atom stereocenters. The molecular formula is C36H30BClO2. The minimum absolute atomic E-state index is 0.394. The molecule has 1 saturated heterocycles. The molecule has 0 aromatic heterocycles. The van der Waals surface area contributed by atoms with Crippen molar-refractivity contribution in [1.29, 1.82) is 0 Å². The molecule has 6 aromatic rings. The van der Waals surface area contributed by atoms with Crippen molar-refractivity contribution >= 4 is 56.5 Å². The molecule has 40 heavy (non-hydrogen) atoms. The smallest absolute Gasteiger partial charge is 0.399 e. The highest BCUT2D eigenvalue weighted by Crippen LogP contribution is 2.42. The molecule has 7 rings (SSSR count). The molecule has 0 amide bonds. The molecule has 1 heterocycles. The van der Waals surface area contributed by atoms with E-state index in [1.807, 2.05) is 12.1 Å². The Kier molecular flexibility index (Phi) is 5.84. The number of hydrogen-bond donors (Lipinski definition) is 0. The highest BCUT2D eigenvalue weighted by atomic mass is 35.5. The molecular weight excluding hydrogens is 511 g/mol. The molecule has 1 fully saturated rings. The number of halogens is 1. The first-order valence-electron chi connectivity index (χ1n) is 13.8. The molecule has 4 heteroatoms. The lowest BCUT2D eigenvalue weighted by Crippen LogP contribution is -2.41. The summed E-state index contributed by atoms with van der Waals surface area (Å²) in [5.41, 5.74) is 5.06. The summed E-state index contributed by atoms with van der Waals surface area (Å²) < 4.78 is 12.9. The van der Waals surface area contributed by atoms with E-state index in [0.29, 0.717) is 0 Å². The Hall–Kier alpha value is -3.63. The Morgan fingerprint density at radius 1 is 0.450 bits per heavy atom. The SMILES string of the molecule is CC1(C)OB(c2ccc(-c3ccc(-c4ccc(Cl)c5ccccc45)c4ccccc34)c3ccccc23)OC1(C)C. The molecule has 6 aromatic carbocycles. The topological polar surface area (TPSA) is 18.5 Å². The standard InChI is InChI=1S/C36H30BClO2/c1-35(2)36(3,4)40-37(39-35)33-21-19-29(25-13-7-9-15-31(25)33)27-17-18-28(24-12-6-5-11-23(24)27)30-20-22-34(38)32-16-10-8-14-26(30)32/h5-22H,1-4H3. The normalized spacial score (nSPS) is 16.3. The summed E-state index contributed by atoms with van der Waals surface area (Å²) in [6.07, 6.45) is 0. The van der Waals surface area contributed by atoms with Crippen LogP contribution in [0.15, 0.2) is 109 Å². The Bertz CT molecular complexity index is 1930. The molecule has 0 N–H and O–H groups in total. The van der Waals surface area contributed by atoms with Gasteiger partial charge in [0.15, 0.2) is 0 Å². The first-order valence-corrected chi connectivity index (χ1v) is 14.2. The van der Waals surface area contributed by atoms with Gasteiger partial charge in [-0.05, 0) is 88.4 Å². The van der Waals surface area contributed by atoms with Crippen molar-refractivity contribution in [2.45, 2.75) is 38.9 Å². The van der Waals surface area contributed by atoms with E-state index in [2.05, 4.69) is 125 Å². The third kappa shape index (κ3) is 3.88. The van der Waals surface area contributed by atoms with E-state index < -0.39 is 18.3 Å². The average Bonchev–Trinajstić information content (AvgIpc) is 3.18. The van der Waals surface area contributed by atoms with Crippen molar-refractivity contribution in [2.24, 2.45) is 0 Å². The van der Waals surface area contributed by atoms with E-state index in [0.717, 1.165) is 26.6 Å². The lowest BCUT2D eigenvalue weighted by Gasteiger charge is -2.32. The summed E-state index contributed by atoms with van der Waals surface area (Å²) >= 11 is 6.57. The molecule has 196 valence electrons. The lowest BCUT2D eigenvalue weighted by molar-refractivity contribution is 0.00578. The van der Waals surface area contributed by atoms with E-state index in [1.54, 1.807) is 0 Å². The quantitative estimate of drug-likeness (QED) is 0.208. The molecule has 0 aliphatic carbocycles. The van der Waals surface area contributed by atoms with Gasteiger partial charge < -0.3 is 9.31 Å². The van der Waals surface area contributed by atoms with Crippen LogP contribution in [0.5, 0.6) is 0 Å². The predicted octanol–water partition coefficient (Wildman–Crippen LogP) is 9.43. The average molecular weight is 541 g/mol. The number of hydrogen-bond acceptors (Lipinski definition) is 2. The molecule has 2 nitrogen and oxygen atoms in total. The maximum absolute atomic E-state index is 6.57. The van der Waals surface area contributed by atoms with Crippen molar-refractivity contribution in [2.75, 3.05) is 0 Å². The minimum Gasteiger partial charge on any atom is -0.399 e. The van der Waals surface area contributed by atoms with E-state index >= 15 is 0 Å². The van der Waals surface area contributed by atoms with Crippen LogP contribution < -0.4 is 5.46 Å². The van der Waals surface area contributed by atoms with Crippen LogP contribution in [0.2, 0.25) is 5.02 Å². The summed E-state index contributed by atoms with van der Waals surface area (Å²) in [6.45, 7) is 8.39. The highest BCUT2D eigenvalue weighted by Gasteiger charge is 2.52. The van der Waals surface area contributed by atoms with Crippen molar-refractivity contribution in [1.82, 2.24) is 0 Å². The molecule has 1 aliphatic rings. The second-order valence-electron chi connectivity index (χ2n) is 11.7. The van der Waals surface area contributed by atoms with E-state index in [9.17, 15) is 0 Å². The fourth-order valence-corrected chi connectivity index (χ4v) is 6.23. The van der Waals surface area contributed by atoms with Gasteiger partial charge in [0.05, 0.1) is 11.2 Å². The van der Waals surface area contributed by atoms with Crippen LogP contribution in [-0.4, -0.2) is 18.3 Å². The van der Waals surface area contributed by atoms with Gasteiger partial charge in [0, 0.05) is 10.4 Å². The van der Waals surface area contributed by atoms with Crippen LogP contribution in [-0.2, 0) is 9.31 Å². The maximum Gasteiger partial charge on any atom is 0.495 e. The zero-order valence-electron chi connectivity index (χ0n) is 23.2. The molecule has 0 radical (unpaired) electrons. The Labute approximate surface area is 240 Å². The molecule has 0 unspecified atom stereocenters. The Morgan fingerprint density at radius 3 is 1.30 bits per heavy atom. The molecule has 0 bridgehead atoms. The molecule has 0 saturated carbocycles. The van der Waals surface area contributed by atoms with Crippen molar-refractivity contribution in [3.63, 3.8) is 0 Å². The van der Waals surface area contributed by atoms with Crippen LogP contribution >= 0.6 is 11.6 Å². The lowest BCUT2D eigenvalue weighted by atomic mass is 9.74. The van der Waals surface area contributed by atoms with Gasteiger partial charge in [0.25, 0.3) is 0 Å². The Morgan fingerprint density at radius 2 is 0.800 bits per heavy atom. The number of fused-ring (bicyclic) bond motifs is 3. The van der Waals surface area contributed by atoms with E-state index in [4.69, 9.17) is 20.9 Å².